The molecule has 0 atom stereocenters. The molecule has 0 saturated heterocycles. The van der Waals surface area contributed by atoms with Crippen LogP contribution in [0.2, 0.25) is 0 Å². The molecule has 21 heavy (non-hydrogen) atoms. The van der Waals surface area contributed by atoms with Gasteiger partial charge in [-0.2, -0.15) is 0 Å². The predicted molar refractivity (Wildman–Crippen MR) is 82.9 cm³/mol. The van der Waals surface area contributed by atoms with E-state index in [1.54, 1.807) is 13.0 Å². The summed E-state index contributed by atoms with van der Waals surface area (Å²) in [5, 5.41) is 2.91. The lowest BCUT2D eigenvalue weighted by Crippen LogP contribution is -2.36. The first-order chi connectivity index (χ1) is 10.0. The number of hydrogen-bond donors (Lipinski definition) is 1. The monoisotopic (exact) mass is 308 g/mol. The second-order valence-electron chi connectivity index (χ2n) is 5.68. The van der Waals surface area contributed by atoms with Crippen LogP contribution in [-0.4, -0.2) is 26.6 Å². The molecule has 0 spiro atoms. The molecule has 3 rings (SSSR count). The smallest absolute Gasteiger partial charge is 0.234 e. The van der Waals surface area contributed by atoms with Gasteiger partial charge >= 0.3 is 0 Å². The Bertz CT molecular complexity index is 665. The highest BCUT2D eigenvalue weighted by Crippen LogP contribution is 2.33. The Kier molecular flexibility index (Phi) is 3.65. The third-order valence-corrected chi connectivity index (χ3v) is 5.85. The van der Waals surface area contributed by atoms with Crippen molar-refractivity contribution in [3.8, 4) is 0 Å². The number of fused-ring (bicyclic) bond motifs is 1. The number of nitrogens with zero attached hydrogens (tertiary/aromatic N) is 1. The lowest BCUT2D eigenvalue weighted by Gasteiger charge is -2.30. The predicted octanol–water partition coefficient (Wildman–Crippen LogP) is 2.14. The van der Waals surface area contributed by atoms with Crippen molar-refractivity contribution in [2.45, 2.75) is 32.6 Å². The fraction of sp³-hybridized carbons (Fsp3) is 0.533. The number of carbonyl (C=O) groups is 1. The molecular formula is C15H20N2O3S. The van der Waals surface area contributed by atoms with E-state index in [1.165, 1.54) is 4.31 Å². The third-order valence-electron chi connectivity index (χ3n) is 4.07. The summed E-state index contributed by atoms with van der Waals surface area (Å²) < 4.78 is 25.8. The number of aryl methyl sites for hydroxylation is 1. The van der Waals surface area contributed by atoms with Crippen molar-refractivity contribution < 1.29 is 13.2 Å². The molecule has 1 aromatic carbocycles. The van der Waals surface area contributed by atoms with Gasteiger partial charge in [-0.25, -0.2) is 8.42 Å². The standard InChI is InChI=1S/C15H20N2O3S/c1-2-21(19,20)17-9-3-4-12-10-13(7-8-14(12)17)16-15(18)11-5-6-11/h7-8,10-11H,2-6,9H2,1H3,(H,16,18). The van der Waals surface area contributed by atoms with Crippen molar-refractivity contribution in [2.75, 3.05) is 21.9 Å². The highest BCUT2D eigenvalue weighted by atomic mass is 32.2. The highest BCUT2D eigenvalue weighted by Gasteiger charge is 2.30. The van der Waals surface area contributed by atoms with Crippen molar-refractivity contribution in [3.05, 3.63) is 23.8 Å². The summed E-state index contributed by atoms with van der Waals surface area (Å²) in [7, 11) is -3.23. The van der Waals surface area contributed by atoms with Gasteiger partial charge < -0.3 is 5.32 Å². The maximum absolute atomic E-state index is 12.1. The summed E-state index contributed by atoms with van der Waals surface area (Å²) in [6.07, 6.45) is 3.60. The molecule has 1 fully saturated rings. The number of hydrogen-bond acceptors (Lipinski definition) is 3. The van der Waals surface area contributed by atoms with E-state index in [4.69, 9.17) is 0 Å². The average Bonchev–Trinajstić information content (AvgIpc) is 3.31. The molecule has 1 saturated carbocycles. The quantitative estimate of drug-likeness (QED) is 0.926. The van der Waals surface area contributed by atoms with Crippen molar-refractivity contribution in [1.82, 2.24) is 0 Å². The molecule has 0 unspecified atom stereocenters. The molecular weight excluding hydrogens is 288 g/mol. The van der Waals surface area contributed by atoms with E-state index in [2.05, 4.69) is 5.32 Å². The van der Waals surface area contributed by atoms with Crippen LogP contribution >= 0.6 is 0 Å². The molecule has 0 bridgehead atoms. The van der Waals surface area contributed by atoms with Gasteiger partial charge in [0.15, 0.2) is 0 Å². The Balaban J connectivity index is 1.86. The van der Waals surface area contributed by atoms with Gasteiger partial charge in [0.1, 0.15) is 0 Å². The molecule has 0 radical (unpaired) electrons. The molecule has 0 aromatic heterocycles. The number of anilines is 2. The van der Waals surface area contributed by atoms with Crippen LogP contribution in [0.5, 0.6) is 0 Å². The number of nitrogens with one attached hydrogen (secondary N) is 1. The molecule has 1 amide bonds. The van der Waals surface area contributed by atoms with Crippen LogP contribution in [0.15, 0.2) is 18.2 Å². The molecule has 1 aliphatic carbocycles. The molecule has 1 aromatic rings. The van der Waals surface area contributed by atoms with Gasteiger partial charge in [0.25, 0.3) is 0 Å². The summed E-state index contributed by atoms with van der Waals surface area (Å²) >= 11 is 0. The van der Waals surface area contributed by atoms with Gasteiger partial charge in [0.2, 0.25) is 15.9 Å². The number of rotatable bonds is 4. The van der Waals surface area contributed by atoms with Crippen LogP contribution in [0.1, 0.15) is 31.7 Å². The minimum Gasteiger partial charge on any atom is -0.326 e. The average molecular weight is 308 g/mol. The minimum absolute atomic E-state index is 0.0730. The Labute approximate surface area is 125 Å². The number of amides is 1. The Morgan fingerprint density at radius 3 is 2.81 bits per heavy atom. The van der Waals surface area contributed by atoms with E-state index in [0.29, 0.717) is 6.54 Å². The van der Waals surface area contributed by atoms with Gasteiger partial charge in [-0.05, 0) is 56.4 Å². The van der Waals surface area contributed by atoms with E-state index in [-0.39, 0.29) is 17.6 Å². The summed E-state index contributed by atoms with van der Waals surface area (Å²) in [5.41, 5.74) is 2.51. The second kappa shape index (κ2) is 5.33. The highest BCUT2D eigenvalue weighted by molar-refractivity contribution is 7.92. The first-order valence-corrected chi connectivity index (χ1v) is 9.06. The van der Waals surface area contributed by atoms with Crippen LogP contribution in [0.4, 0.5) is 11.4 Å². The molecule has 5 nitrogen and oxygen atoms in total. The van der Waals surface area contributed by atoms with Gasteiger partial charge in [0.05, 0.1) is 11.4 Å². The summed E-state index contributed by atoms with van der Waals surface area (Å²) in [5.74, 6) is 0.342. The molecule has 1 aliphatic heterocycles. The SMILES string of the molecule is CCS(=O)(=O)N1CCCc2cc(NC(=O)C3CC3)ccc21. The topological polar surface area (TPSA) is 66.5 Å². The van der Waals surface area contributed by atoms with Gasteiger partial charge in [-0.1, -0.05) is 0 Å². The normalized spacial score (nSPS) is 18.2. The Hall–Kier alpha value is -1.56. The lowest BCUT2D eigenvalue weighted by atomic mass is 10.0. The number of sulfonamides is 1. The van der Waals surface area contributed by atoms with Gasteiger partial charge in [0, 0.05) is 18.2 Å². The Morgan fingerprint density at radius 1 is 1.38 bits per heavy atom. The zero-order valence-corrected chi connectivity index (χ0v) is 12.9. The van der Waals surface area contributed by atoms with Crippen LogP contribution in [0, 0.1) is 5.92 Å². The van der Waals surface area contributed by atoms with Crippen molar-refractivity contribution in [2.24, 2.45) is 5.92 Å². The van der Waals surface area contributed by atoms with E-state index >= 15 is 0 Å². The zero-order chi connectivity index (χ0) is 15.0. The summed E-state index contributed by atoms with van der Waals surface area (Å²) in [6, 6.07) is 5.51. The van der Waals surface area contributed by atoms with E-state index in [1.807, 2.05) is 12.1 Å². The zero-order valence-electron chi connectivity index (χ0n) is 12.1. The third kappa shape index (κ3) is 2.90. The van der Waals surface area contributed by atoms with Gasteiger partial charge in [-0.3, -0.25) is 9.10 Å². The van der Waals surface area contributed by atoms with Gasteiger partial charge in [-0.15, -0.1) is 0 Å². The lowest BCUT2D eigenvalue weighted by molar-refractivity contribution is -0.117. The fourth-order valence-electron chi connectivity index (χ4n) is 2.67. The number of carbonyl (C=O) groups excluding carboxylic acids is 1. The maximum Gasteiger partial charge on any atom is 0.234 e. The van der Waals surface area contributed by atoms with E-state index < -0.39 is 10.0 Å². The largest absolute Gasteiger partial charge is 0.326 e. The van der Waals surface area contributed by atoms with E-state index in [0.717, 1.165) is 42.6 Å². The van der Waals surface area contributed by atoms with Crippen molar-refractivity contribution in [1.29, 1.82) is 0 Å². The second-order valence-corrected chi connectivity index (χ2v) is 7.87. The van der Waals surface area contributed by atoms with Crippen molar-refractivity contribution >= 4 is 27.3 Å². The summed E-state index contributed by atoms with van der Waals surface area (Å²) in [6.45, 7) is 2.20. The maximum atomic E-state index is 12.1. The summed E-state index contributed by atoms with van der Waals surface area (Å²) in [4.78, 5) is 11.8. The minimum atomic E-state index is -3.23. The number of benzene rings is 1. The van der Waals surface area contributed by atoms with E-state index in [9.17, 15) is 13.2 Å². The van der Waals surface area contributed by atoms with Crippen LogP contribution < -0.4 is 9.62 Å². The molecule has 2 aliphatic rings. The first-order valence-electron chi connectivity index (χ1n) is 7.45. The molecule has 6 heteroatoms. The van der Waals surface area contributed by atoms with Crippen molar-refractivity contribution in [3.63, 3.8) is 0 Å². The van der Waals surface area contributed by atoms with Crippen LogP contribution in [-0.2, 0) is 21.2 Å². The van der Waals surface area contributed by atoms with Crippen LogP contribution in [0.25, 0.3) is 0 Å². The Morgan fingerprint density at radius 2 is 2.14 bits per heavy atom. The molecule has 1 heterocycles. The molecule has 1 N–H and O–H groups in total. The first kappa shape index (κ1) is 14.4. The fourth-order valence-corrected chi connectivity index (χ4v) is 3.87. The van der Waals surface area contributed by atoms with Crippen LogP contribution in [0.3, 0.4) is 0 Å². The molecule has 114 valence electrons.